The molecule has 2 aliphatic heterocycles. The van der Waals surface area contributed by atoms with E-state index >= 15 is 0 Å². The first-order chi connectivity index (χ1) is 11.6. The van der Waals surface area contributed by atoms with Crippen molar-refractivity contribution in [1.82, 2.24) is 9.80 Å². The van der Waals surface area contributed by atoms with Crippen molar-refractivity contribution in [2.75, 3.05) is 26.3 Å². The number of ether oxygens (including phenoxy) is 2. The van der Waals surface area contributed by atoms with Gasteiger partial charge in [-0.25, -0.2) is 0 Å². The molecule has 0 spiro atoms. The van der Waals surface area contributed by atoms with Gasteiger partial charge in [0.05, 0.1) is 25.6 Å². The van der Waals surface area contributed by atoms with Crippen molar-refractivity contribution in [2.45, 2.75) is 56.9 Å². The monoisotopic (exact) mass is 334 g/mol. The number of rotatable bonds is 6. The van der Waals surface area contributed by atoms with Gasteiger partial charge in [0, 0.05) is 25.2 Å². The Morgan fingerprint density at radius 3 is 2.54 bits per heavy atom. The largest absolute Gasteiger partial charge is 0.350 e. The van der Waals surface area contributed by atoms with Crippen LogP contribution in [0.3, 0.4) is 0 Å². The van der Waals surface area contributed by atoms with Gasteiger partial charge in [0.2, 0.25) is 11.8 Å². The average Bonchev–Trinajstić information content (AvgIpc) is 3.42. The molecule has 4 aliphatic rings. The van der Waals surface area contributed by atoms with Gasteiger partial charge in [-0.15, -0.1) is 0 Å². The van der Waals surface area contributed by atoms with E-state index in [1.54, 1.807) is 0 Å². The van der Waals surface area contributed by atoms with Crippen LogP contribution >= 0.6 is 0 Å². The Kier molecular flexibility index (Phi) is 4.35. The smallest absolute Gasteiger partial charge is 0.230 e. The summed E-state index contributed by atoms with van der Waals surface area (Å²) in [5.41, 5.74) is 1.06. The van der Waals surface area contributed by atoms with Crippen LogP contribution in [0.25, 0.3) is 0 Å². The van der Waals surface area contributed by atoms with Crippen molar-refractivity contribution in [2.24, 2.45) is 5.92 Å². The summed E-state index contributed by atoms with van der Waals surface area (Å²) in [6.45, 7) is 6.50. The van der Waals surface area contributed by atoms with E-state index in [1.807, 2.05) is 9.80 Å². The molecule has 2 aliphatic carbocycles. The second kappa shape index (κ2) is 6.48. The fraction of sp³-hybridized carbons (Fsp3) is 0.778. The predicted octanol–water partition coefficient (Wildman–Crippen LogP) is 1.31. The number of hydrogen-bond acceptors (Lipinski definition) is 4. The topological polar surface area (TPSA) is 59.1 Å². The maximum absolute atomic E-state index is 12.7. The number of carbonyl (C=O) groups is 2. The molecule has 6 nitrogen and oxygen atoms in total. The molecule has 0 bridgehead atoms. The standard InChI is InChI=1S/C18H26N2O4/c1-12-9-15(12)18(22)20(13-4-5-13)11-14-3-2-6-19(14)16(21)10-17-23-7-8-24-17/h13-15,17H,1-11H2. The van der Waals surface area contributed by atoms with Gasteiger partial charge < -0.3 is 19.3 Å². The zero-order valence-electron chi connectivity index (χ0n) is 14.1. The minimum absolute atomic E-state index is 0.0384. The fourth-order valence-electron chi connectivity index (χ4n) is 3.84. The molecule has 0 aromatic rings. The van der Waals surface area contributed by atoms with Gasteiger partial charge in [-0.2, -0.15) is 0 Å². The zero-order valence-corrected chi connectivity index (χ0v) is 14.1. The molecular weight excluding hydrogens is 308 g/mol. The van der Waals surface area contributed by atoms with Gasteiger partial charge in [0.25, 0.3) is 0 Å². The van der Waals surface area contributed by atoms with Crippen LogP contribution in [0.5, 0.6) is 0 Å². The van der Waals surface area contributed by atoms with Gasteiger partial charge in [-0.3, -0.25) is 9.59 Å². The van der Waals surface area contributed by atoms with E-state index < -0.39 is 6.29 Å². The molecule has 2 atom stereocenters. The van der Waals surface area contributed by atoms with Gasteiger partial charge in [-0.05, 0) is 32.1 Å². The van der Waals surface area contributed by atoms with Gasteiger partial charge in [0.1, 0.15) is 0 Å². The van der Waals surface area contributed by atoms with Gasteiger partial charge in [-0.1, -0.05) is 12.2 Å². The van der Waals surface area contributed by atoms with Crippen LogP contribution in [0.4, 0.5) is 0 Å². The van der Waals surface area contributed by atoms with Crippen molar-refractivity contribution in [3.8, 4) is 0 Å². The fourth-order valence-corrected chi connectivity index (χ4v) is 3.84. The molecule has 2 saturated carbocycles. The number of hydrogen-bond donors (Lipinski definition) is 0. The van der Waals surface area contributed by atoms with Crippen molar-refractivity contribution >= 4 is 11.8 Å². The van der Waals surface area contributed by atoms with E-state index in [4.69, 9.17) is 9.47 Å². The number of carbonyl (C=O) groups excluding carboxylic acids is 2. The van der Waals surface area contributed by atoms with Crippen LogP contribution in [0.15, 0.2) is 12.2 Å². The highest BCUT2D eigenvalue weighted by Crippen LogP contribution is 2.40. The lowest BCUT2D eigenvalue weighted by Gasteiger charge is -2.31. The lowest BCUT2D eigenvalue weighted by molar-refractivity contribution is -0.142. The van der Waals surface area contributed by atoms with Crippen LogP contribution < -0.4 is 0 Å². The number of amides is 2. The SMILES string of the molecule is C=C1CC1C(=O)N(CC1CCCN1C(=O)CC1OCCO1)C1CC1. The third kappa shape index (κ3) is 3.35. The molecule has 4 rings (SSSR count). The molecule has 0 radical (unpaired) electrons. The van der Waals surface area contributed by atoms with Crippen molar-refractivity contribution < 1.29 is 19.1 Å². The van der Waals surface area contributed by atoms with Crippen molar-refractivity contribution in [3.63, 3.8) is 0 Å². The minimum atomic E-state index is -0.394. The maximum atomic E-state index is 12.7. The maximum Gasteiger partial charge on any atom is 0.230 e. The van der Waals surface area contributed by atoms with Crippen LogP contribution in [0, 0.1) is 5.92 Å². The molecule has 4 fully saturated rings. The van der Waals surface area contributed by atoms with Crippen molar-refractivity contribution in [1.29, 1.82) is 0 Å². The van der Waals surface area contributed by atoms with E-state index in [9.17, 15) is 9.59 Å². The molecule has 0 aromatic carbocycles. The lowest BCUT2D eigenvalue weighted by atomic mass is 10.1. The number of nitrogens with zero attached hydrogens (tertiary/aromatic N) is 2. The molecule has 2 amide bonds. The molecule has 2 heterocycles. The highest BCUT2D eigenvalue weighted by molar-refractivity contribution is 5.86. The Labute approximate surface area is 142 Å². The molecule has 24 heavy (non-hydrogen) atoms. The van der Waals surface area contributed by atoms with Crippen molar-refractivity contribution in [3.05, 3.63) is 12.2 Å². The Balaban J connectivity index is 1.37. The summed E-state index contributed by atoms with van der Waals surface area (Å²) < 4.78 is 10.8. The summed E-state index contributed by atoms with van der Waals surface area (Å²) in [7, 11) is 0. The Bertz CT molecular complexity index is 539. The highest BCUT2D eigenvalue weighted by Gasteiger charge is 2.44. The second-order valence-corrected chi connectivity index (χ2v) is 7.40. The Hall–Kier alpha value is -1.40. The van der Waals surface area contributed by atoms with E-state index in [0.717, 1.165) is 44.2 Å². The third-order valence-electron chi connectivity index (χ3n) is 5.50. The first-order valence-electron chi connectivity index (χ1n) is 9.14. The zero-order chi connectivity index (χ0) is 16.7. The summed E-state index contributed by atoms with van der Waals surface area (Å²) in [5, 5.41) is 0. The normalized spacial score (nSPS) is 30.0. The van der Waals surface area contributed by atoms with Crippen LogP contribution in [-0.2, 0) is 19.1 Å². The molecule has 0 aromatic heterocycles. The summed E-state index contributed by atoms with van der Waals surface area (Å²) >= 11 is 0. The molecule has 132 valence electrons. The van der Waals surface area contributed by atoms with E-state index in [1.165, 1.54) is 0 Å². The van der Waals surface area contributed by atoms with E-state index in [0.29, 0.717) is 25.8 Å². The quantitative estimate of drug-likeness (QED) is 0.687. The van der Waals surface area contributed by atoms with Crippen LogP contribution in [0.2, 0.25) is 0 Å². The second-order valence-electron chi connectivity index (χ2n) is 7.40. The lowest BCUT2D eigenvalue weighted by Crippen LogP contribution is -2.47. The molecule has 0 N–H and O–H groups in total. The van der Waals surface area contributed by atoms with E-state index in [-0.39, 0.29) is 30.2 Å². The third-order valence-corrected chi connectivity index (χ3v) is 5.50. The number of likely N-dealkylation sites (tertiary alicyclic amines) is 1. The van der Waals surface area contributed by atoms with E-state index in [2.05, 4.69) is 6.58 Å². The first kappa shape index (κ1) is 16.1. The summed E-state index contributed by atoms with van der Waals surface area (Å²) in [6, 6.07) is 0.514. The summed E-state index contributed by atoms with van der Waals surface area (Å²) in [4.78, 5) is 29.2. The summed E-state index contributed by atoms with van der Waals surface area (Å²) in [6.07, 6.45) is 4.89. The highest BCUT2D eigenvalue weighted by atomic mass is 16.7. The minimum Gasteiger partial charge on any atom is -0.350 e. The van der Waals surface area contributed by atoms with Crippen LogP contribution in [0.1, 0.15) is 38.5 Å². The van der Waals surface area contributed by atoms with Gasteiger partial charge >= 0.3 is 0 Å². The van der Waals surface area contributed by atoms with Gasteiger partial charge in [0.15, 0.2) is 6.29 Å². The summed E-state index contributed by atoms with van der Waals surface area (Å²) in [5.74, 6) is 0.351. The Morgan fingerprint density at radius 1 is 1.21 bits per heavy atom. The molecule has 2 unspecified atom stereocenters. The molecule has 6 heteroatoms. The molecule has 2 saturated heterocycles. The predicted molar refractivity (Wildman–Crippen MR) is 87.0 cm³/mol. The first-order valence-corrected chi connectivity index (χ1v) is 9.14. The van der Waals surface area contributed by atoms with Crippen LogP contribution in [-0.4, -0.2) is 66.3 Å². The molecular formula is C18H26N2O4. The Morgan fingerprint density at radius 2 is 1.92 bits per heavy atom. The average molecular weight is 334 g/mol.